The zero-order chi connectivity index (χ0) is 13.8. The average Bonchev–Trinajstić information content (AvgIpc) is 3.05. The highest BCUT2D eigenvalue weighted by Crippen LogP contribution is 2.51. The van der Waals surface area contributed by atoms with Crippen LogP contribution in [0.15, 0.2) is 0 Å². The van der Waals surface area contributed by atoms with E-state index in [1.54, 1.807) is 0 Å². The standard InChI is InChI=1S/C13H24N2O3/c1-4-7-15(8-11(16)17)12(18)14-9-13(5-6-13)10(2)3/h10H,4-9H2,1-3H3,(H,14,18)(H,16,17). The number of carbonyl (C=O) groups is 2. The summed E-state index contributed by atoms with van der Waals surface area (Å²) in [6.07, 6.45) is 3.06. The van der Waals surface area contributed by atoms with Gasteiger partial charge >= 0.3 is 12.0 Å². The number of urea groups is 1. The van der Waals surface area contributed by atoms with E-state index >= 15 is 0 Å². The molecule has 1 aliphatic carbocycles. The Morgan fingerprint density at radius 2 is 2.00 bits per heavy atom. The van der Waals surface area contributed by atoms with Gasteiger partial charge < -0.3 is 15.3 Å². The molecule has 0 aliphatic heterocycles. The Bertz CT molecular complexity index is 311. The van der Waals surface area contributed by atoms with Crippen LogP contribution in [0.2, 0.25) is 0 Å². The van der Waals surface area contributed by atoms with Crippen molar-refractivity contribution >= 4 is 12.0 Å². The minimum atomic E-state index is -0.969. The minimum Gasteiger partial charge on any atom is -0.480 e. The highest BCUT2D eigenvalue weighted by Gasteiger charge is 2.45. The maximum Gasteiger partial charge on any atom is 0.323 e. The van der Waals surface area contributed by atoms with Crippen molar-refractivity contribution in [3.63, 3.8) is 0 Å². The molecule has 5 nitrogen and oxygen atoms in total. The van der Waals surface area contributed by atoms with Gasteiger partial charge in [-0.3, -0.25) is 4.79 Å². The lowest BCUT2D eigenvalue weighted by Crippen LogP contribution is -2.45. The fourth-order valence-electron chi connectivity index (χ4n) is 2.17. The largest absolute Gasteiger partial charge is 0.480 e. The van der Waals surface area contributed by atoms with Crippen molar-refractivity contribution in [3.05, 3.63) is 0 Å². The molecule has 0 atom stereocenters. The third-order valence-electron chi connectivity index (χ3n) is 3.82. The number of nitrogens with one attached hydrogen (secondary N) is 1. The number of hydrogen-bond acceptors (Lipinski definition) is 2. The summed E-state index contributed by atoms with van der Waals surface area (Å²) in [7, 11) is 0. The van der Waals surface area contributed by atoms with Gasteiger partial charge in [-0.15, -0.1) is 0 Å². The van der Waals surface area contributed by atoms with Gasteiger partial charge in [-0.1, -0.05) is 20.8 Å². The van der Waals surface area contributed by atoms with Gasteiger partial charge in [0.15, 0.2) is 0 Å². The molecule has 0 spiro atoms. The lowest BCUT2D eigenvalue weighted by atomic mass is 9.92. The zero-order valence-corrected chi connectivity index (χ0v) is 11.5. The Morgan fingerprint density at radius 1 is 1.39 bits per heavy atom. The second-order valence-electron chi connectivity index (χ2n) is 5.49. The summed E-state index contributed by atoms with van der Waals surface area (Å²) in [5.41, 5.74) is 0.247. The van der Waals surface area contributed by atoms with Crippen molar-refractivity contribution in [2.45, 2.75) is 40.0 Å². The molecular formula is C13H24N2O3. The Kier molecular flexibility index (Phi) is 4.99. The molecule has 1 rings (SSSR count). The van der Waals surface area contributed by atoms with Crippen molar-refractivity contribution in [2.24, 2.45) is 11.3 Å². The van der Waals surface area contributed by atoms with E-state index in [0.29, 0.717) is 19.0 Å². The molecule has 0 aromatic carbocycles. The maximum atomic E-state index is 11.9. The van der Waals surface area contributed by atoms with Gasteiger partial charge in [0, 0.05) is 13.1 Å². The summed E-state index contributed by atoms with van der Waals surface area (Å²) in [5, 5.41) is 11.6. The number of carbonyl (C=O) groups excluding carboxylic acids is 1. The van der Waals surface area contributed by atoms with E-state index in [1.165, 1.54) is 4.90 Å². The zero-order valence-electron chi connectivity index (χ0n) is 11.5. The van der Waals surface area contributed by atoms with Crippen molar-refractivity contribution < 1.29 is 14.7 Å². The number of rotatable bonds is 7. The van der Waals surface area contributed by atoms with Gasteiger partial charge in [-0.05, 0) is 30.6 Å². The minimum absolute atomic E-state index is 0.228. The molecule has 2 amide bonds. The lowest BCUT2D eigenvalue weighted by Gasteiger charge is -2.24. The third-order valence-corrected chi connectivity index (χ3v) is 3.82. The van der Waals surface area contributed by atoms with Crippen LogP contribution >= 0.6 is 0 Å². The number of hydrogen-bond donors (Lipinski definition) is 2. The van der Waals surface area contributed by atoms with Gasteiger partial charge in [-0.2, -0.15) is 0 Å². The van der Waals surface area contributed by atoms with E-state index in [9.17, 15) is 9.59 Å². The third kappa shape index (κ3) is 3.89. The van der Waals surface area contributed by atoms with E-state index < -0.39 is 5.97 Å². The van der Waals surface area contributed by atoms with Crippen LogP contribution in [-0.2, 0) is 4.79 Å². The smallest absolute Gasteiger partial charge is 0.323 e. The van der Waals surface area contributed by atoms with Crippen LogP contribution in [0.1, 0.15) is 40.0 Å². The highest BCUT2D eigenvalue weighted by molar-refractivity contribution is 5.80. The second-order valence-corrected chi connectivity index (χ2v) is 5.49. The molecule has 0 aromatic rings. The summed E-state index contributed by atoms with van der Waals surface area (Å²) < 4.78 is 0. The molecule has 1 fully saturated rings. The first-order valence-corrected chi connectivity index (χ1v) is 6.66. The second kappa shape index (κ2) is 6.07. The number of amides is 2. The Balaban J connectivity index is 2.44. The Labute approximate surface area is 109 Å². The van der Waals surface area contributed by atoms with Crippen LogP contribution in [-0.4, -0.2) is 41.6 Å². The summed E-state index contributed by atoms with van der Waals surface area (Å²) in [4.78, 5) is 24.0. The van der Waals surface area contributed by atoms with Crippen molar-refractivity contribution in [3.8, 4) is 0 Å². The number of carboxylic acid groups (broad SMARTS) is 1. The van der Waals surface area contributed by atoms with Gasteiger partial charge in [0.25, 0.3) is 0 Å². The lowest BCUT2D eigenvalue weighted by molar-refractivity contribution is -0.137. The van der Waals surface area contributed by atoms with Crippen molar-refractivity contribution in [1.29, 1.82) is 0 Å². The molecule has 0 radical (unpaired) electrons. The Morgan fingerprint density at radius 3 is 2.39 bits per heavy atom. The monoisotopic (exact) mass is 256 g/mol. The molecule has 104 valence electrons. The fourth-order valence-corrected chi connectivity index (χ4v) is 2.17. The maximum absolute atomic E-state index is 11.9. The molecule has 2 N–H and O–H groups in total. The first-order chi connectivity index (χ1) is 8.41. The topological polar surface area (TPSA) is 69.6 Å². The summed E-state index contributed by atoms with van der Waals surface area (Å²) >= 11 is 0. The normalized spacial score (nSPS) is 16.4. The predicted octanol–water partition coefficient (Wildman–Crippen LogP) is 1.93. The van der Waals surface area contributed by atoms with E-state index in [2.05, 4.69) is 19.2 Å². The number of aliphatic carboxylic acids is 1. The first kappa shape index (κ1) is 14.8. The average molecular weight is 256 g/mol. The highest BCUT2D eigenvalue weighted by atomic mass is 16.4. The summed E-state index contributed by atoms with van der Waals surface area (Å²) in [5.74, 6) is -0.416. The van der Waals surface area contributed by atoms with Gasteiger partial charge in [0.05, 0.1) is 0 Å². The molecule has 0 saturated heterocycles. The molecule has 1 aliphatic rings. The quantitative estimate of drug-likeness (QED) is 0.731. The molecule has 0 bridgehead atoms. The van der Waals surface area contributed by atoms with E-state index in [1.807, 2.05) is 6.92 Å². The first-order valence-electron chi connectivity index (χ1n) is 6.66. The van der Waals surface area contributed by atoms with E-state index in [-0.39, 0.29) is 18.0 Å². The predicted molar refractivity (Wildman–Crippen MR) is 69.4 cm³/mol. The van der Waals surface area contributed by atoms with Crippen LogP contribution in [0.4, 0.5) is 4.79 Å². The molecule has 0 heterocycles. The van der Waals surface area contributed by atoms with Crippen LogP contribution in [0, 0.1) is 11.3 Å². The SMILES string of the molecule is CCCN(CC(=O)O)C(=O)NCC1(C(C)C)CC1. The van der Waals surface area contributed by atoms with Crippen LogP contribution in [0.5, 0.6) is 0 Å². The van der Waals surface area contributed by atoms with Crippen molar-refractivity contribution in [2.75, 3.05) is 19.6 Å². The summed E-state index contributed by atoms with van der Waals surface area (Å²) in [6, 6.07) is -0.258. The van der Waals surface area contributed by atoms with Gasteiger partial charge in [-0.25, -0.2) is 4.79 Å². The Hall–Kier alpha value is -1.26. The number of nitrogens with zero attached hydrogens (tertiary/aromatic N) is 1. The van der Waals surface area contributed by atoms with E-state index in [4.69, 9.17) is 5.11 Å². The summed E-state index contributed by atoms with van der Waals surface area (Å²) in [6.45, 7) is 7.17. The number of carboxylic acids is 1. The van der Waals surface area contributed by atoms with Crippen molar-refractivity contribution in [1.82, 2.24) is 10.2 Å². The molecule has 0 aromatic heterocycles. The molecule has 18 heavy (non-hydrogen) atoms. The van der Waals surface area contributed by atoms with E-state index in [0.717, 1.165) is 19.3 Å². The van der Waals surface area contributed by atoms with Gasteiger partial charge in [0.2, 0.25) is 0 Å². The van der Waals surface area contributed by atoms with Crippen LogP contribution < -0.4 is 5.32 Å². The molecule has 0 unspecified atom stereocenters. The fraction of sp³-hybridized carbons (Fsp3) is 0.846. The van der Waals surface area contributed by atoms with Crippen LogP contribution in [0.25, 0.3) is 0 Å². The van der Waals surface area contributed by atoms with Gasteiger partial charge in [0.1, 0.15) is 6.54 Å². The molecule has 1 saturated carbocycles. The van der Waals surface area contributed by atoms with Crippen LogP contribution in [0.3, 0.4) is 0 Å². The molecule has 5 heteroatoms. The molecular weight excluding hydrogens is 232 g/mol.